The van der Waals surface area contributed by atoms with Gasteiger partial charge in [0.1, 0.15) is 10.7 Å². The molecule has 0 aromatic carbocycles. The molecule has 0 aliphatic heterocycles. The van der Waals surface area contributed by atoms with Crippen LogP contribution in [0, 0.1) is 0 Å². The summed E-state index contributed by atoms with van der Waals surface area (Å²) in [5.74, 6) is 0.797. The summed E-state index contributed by atoms with van der Waals surface area (Å²) >= 11 is 4.38. The Labute approximate surface area is 167 Å². The van der Waals surface area contributed by atoms with E-state index < -0.39 is 0 Å². The van der Waals surface area contributed by atoms with Crippen LogP contribution in [0.2, 0.25) is 0 Å². The third-order valence-corrected chi connectivity index (χ3v) is 6.53. The van der Waals surface area contributed by atoms with E-state index in [9.17, 15) is 14.4 Å². The molecule has 0 bridgehead atoms. The van der Waals surface area contributed by atoms with Gasteiger partial charge in [0, 0.05) is 29.9 Å². The molecule has 0 fully saturated rings. The van der Waals surface area contributed by atoms with Gasteiger partial charge < -0.3 is 15.2 Å². The van der Waals surface area contributed by atoms with Crippen molar-refractivity contribution < 1.29 is 9.59 Å². The number of fused-ring (bicyclic) bond motifs is 1. The van der Waals surface area contributed by atoms with E-state index in [4.69, 9.17) is 0 Å². The predicted molar refractivity (Wildman–Crippen MR) is 111 cm³/mol. The molecule has 0 aliphatic carbocycles. The number of likely N-dealkylation sites (N-methyl/N-ethyl adjacent to an activating group) is 2. The molecule has 0 saturated heterocycles. The molecule has 0 unspecified atom stereocenters. The third kappa shape index (κ3) is 4.57. The van der Waals surface area contributed by atoms with Crippen molar-refractivity contribution in [1.82, 2.24) is 20.2 Å². The second-order valence-corrected chi connectivity index (χ2v) is 8.53. The SMILES string of the molecule is CNC(=O)CN(C)C(=O)CSCc1nc2scc(-c3cccs3)c2c(=O)[nH]1. The second-order valence-electron chi connectivity index (χ2n) is 5.74. The first kappa shape index (κ1) is 19.6. The highest BCUT2D eigenvalue weighted by Gasteiger charge is 2.15. The van der Waals surface area contributed by atoms with Gasteiger partial charge in [-0.05, 0) is 11.4 Å². The van der Waals surface area contributed by atoms with E-state index in [0.717, 1.165) is 10.4 Å². The lowest BCUT2D eigenvalue weighted by Gasteiger charge is -2.15. The first-order valence-corrected chi connectivity index (χ1v) is 11.0. The number of hydrogen-bond donors (Lipinski definition) is 2. The van der Waals surface area contributed by atoms with Gasteiger partial charge in [0.05, 0.1) is 23.4 Å². The van der Waals surface area contributed by atoms with E-state index in [1.165, 1.54) is 35.0 Å². The molecule has 0 radical (unpaired) electrons. The first-order chi connectivity index (χ1) is 13.0. The number of amides is 2. The normalized spacial score (nSPS) is 10.9. The zero-order valence-electron chi connectivity index (χ0n) is 14.8. The first-order valence-electron chi connectivity index (χ1n) is 8.06. The molecule has 3 rings (SSSR count). The van der Waals surface area contributed by atoms with Crippen LogP contribution in [-0.2, 0) is 15.3 Å². The number of hydrogen-bond acceptors (Lipinski definition) is 7. The van der Waals surface area contributed by atoms with Crippen molar-refractivity contribution in [1.29, 1.82) is 0 Å². The lowest BCUT2D eigenvalue weighted by molar-refractivity contribution is -0.132. The highest BCUT2D eigenvalue weighted by atomic mass is 32.2. The summed E-state index contributed by atoms with van der Waals surface area (Å²) in [4.78, 5) is 46.3. The number of thiophene rings is 2. The zero-order valence-corrected chi connectivity index (χ0v) is 17.2. The molecule has 7 nitrogen and oxygen atoms in total. The van der Waals surface area contributed by atoms with Crippen molar-refractivity contribution in [3.63, 3.8) is 0 Å². The summed E-state index contributed by atoms with van der Waals surface area (Å²) in [6, 6.07) is 3.94. The van der Waals surface area contributed by atoms with Gasteiger partial charge >= 0.3 is 0 Å². The minimum atomic E-state index is -0.216. The Balaban J connectivity index is 1.66. The number of thioether (sulfide) groups is 1. The smallest absolute Gasteiger partial charge is 0.260 e. The molecule has 10 heteroatoms. The van der Waals surface area contributed by atoms with E-state index in [2.05, 4.69) is 15.3 Å². The Morgan fingerprint density at radius 3 is 2.89 bits per heavy atom. The van der Waals surface area contributed by atoms with E-state index in [1.807, 2.05) is 22.9 Å². The Bertz CT molecular complexity index is 1010. The van der Waals surface area contributed by atoms with Crippen LogP contribution < -0.4 is 10.9 Å². The molecule has 0 atom stereocenters. The molecule has 2 N–H and O–H groups in total. The summed E-state index contributed by atoms with van der Waals surface area (Å²) in [7, 11) is 3.12. The fourth-order valence-electron chi connectivity index (χ4n) is 2.40. The van der Waals surface area contributed by atoms with Gasteiger partial charge in [-0.1, -0.05) is 6.07 Å². The molecular formula is C17H18N4O3S3. The van der Waals surface area contributed by atoms with E-state index in [1.54, 1.807) is 18.4 Å². The number of rotatable bonds is 7. The molecule has 2 amide bonds. The van der Waals surface area contributed by atoms with Crippen molar-refractivity contribution in [2.75, 3.05) is 26.4 Å². The third-order valence-electron chi connectivity index (χ3n) is 3.83. The summed E-state index contributed by atoms with van der Waals surface area (Å²) in [6.45, 7) is 0.0254. The fraction of sp³-hybridized carbons (Fsp3) is 0.294. The summed E-state index contributed by atoms with van der Waals surface area (Å²) in [5, 5.41) is 7.02. The highest BCUT2D eigenvalue weighted by Crippen LogP contribution is 2.33. The molecule has 142 valence electrons. The highest BCUT2D eigenvalue weighted by molar-refractivity contribution is 7.99. The number of aromatic amines is 1. The molecule has 3 aromatic heterocycles. The van der Waals surface area contributed by atoms with Crippen molar-refractivity contribution >= 4 is 56.5 Å². The van der Waals surface area contributed by atoms with Crippen LogP contribution in [0.1, 0.15) is 5.82 Å². The van der Waals surface area contributed by atoms with Crippen molar-refractivity contribution in [2.45, 2.75) is 5.75 Å². The number of nitrogens with one attached hydrogen (secondary N) is 2. The largest absolute Gasteiger partial charge is 0.358 e. The average molecular weight is 423 g/mol. The minimum Gasteiger partial charge on any atom is -0.358 e. The maximum atomic E-state index is 12.5. The van der Waals surface area contributed by atoms with Crippen molar-refractivity contribution in [3.8, 4) is 10.4 Å². The van der Waals surface area contributed by atoms with Gasteiger partial charge in [-0.25, -0.2) is 4.98 Å². The number of nitrogens with zero attached hydrogens (tertiary/aromatic N) is 2. The maximum Gasteiger partial charge on any atom is 0.260 e. The fourth-order valence-corrected chi connectivity index (χ4v) is 5.01. The van der Waals surface area contributed by atoms with Gasteiger partial charge in [0.25, 0.3) is 5.56 Å². The van der Waals surface area contributed by atoms with Crippen LogP contribution in [0.25, 0.3) is 20.7 Å². The quantitative estimate of drug-likeness (QED) is 0.608. The molecular weight excluding hydrogens is 404 g/mol. The summed E-state index contributed by atoms with van der Waals surface area (Å²) < 4.78 is 0. The van der Waals surface area contributed by atoms with Gasteiger partial charge in [-0.3, -0.25) is 14.4 Å². The second kappa shape index (κ2) is 8.68. The van der Waals surface area contributed by atoms with Crippen molar-refractivity contribution in [3.05, 3.63) is 39.1 Å². The van der Waals surface area contributed by atoms with Crippen LogP contribution in [0.5, 0.6) is 0 Å². The predicted octanol–water partition coefficient (Wildman–Crippen LogP) is 2.15. The topological polar surface area (TPSA) is 95.2 Å². The van der Waals surface area contributed by atoms with Gasteiger partial charge in [-0.2, -0.15) is 0 Å². The average Bonchev–Trinajstić information content (AvgIpc) is 3.30. The van der Waals surface area contributed by atoms with Crippen LogP contribution in [-0.4, -0.2) is 53.1 Å². The lowest BCUT2D eigenvalue weighted by Crippen LogP contribution is -2.37. The van der Waals surface area contributed by atoms with Gasteiger partial charge in [0.2, 0.25) is 11.8 Å². The molecule has 3 heterocycles. The minimum absolute atomic E-state index is 0.0254. The van der Waals surface area contributed by atoms with Gasteiger partial charge in [0.15, 0.2) is 0 Å². The van der Waals surface area contributed by atoms with Crippen LogP contribution >= 0.6 is 34.4 Å². The number of carbonyl (C=O) groups excluding carboxylic acids is 2. The number of aromatic nitrogens is 2. The summed E-state index contributed by atoms with van der Waals surface area (Å²) in [6.07, 6.45) is 0. The molecule has 3 aromatic rings. The zero-order chi connectivity index (χ0) is 19.4. The van der Waals surface area contributed by atoms with Crippen LogP contribution in [0.3, 0.4) is 0 Å². The maximum absolute atomic E-state index is 12.5. The molecule has 27 heavy (non-hydrogen) atoms. The lowest BCUT2D eigenvalue weighted by atomic mass is 10.2. The Morgan fingerprint density at radius 1 is 1.37 bits per heavy atom. The van der Waals surface area contributed by atoms with Gasteiger partial charge in [-0.15, -0.1) is 34.4 Å². The Kier molecular flexibility index (Phi) is 6.30. The molecule has 0 saturated carbocycles. The molecule has 0 spiro atoms. The summed E-state index contributed by atoms with van der Waals surface area (Å²) in [5.41, 5.74) is 0.743. The van der Waals surface area contributed by atoms with E-state index >= 15 is 0 Å². The molecule has 0 aliphatic rings. The standard InChI is InChI=1S/C17H18N4O3S3/c1-18-13(22)6-21(2)14(23)9-25-8-12-19-16(24)15-10(7-27-17(15)20-12)11-4-3-5-26-11/h3-5,7H,6,8-9H2,1-2H3,(H,18,22)(H,19,20,24). The Hall–Kier alpha value is -2.17. The van der Waals surface area contributed by atoms with E-state index in [0.29, 0.717) is 21.8 Å². The monoisotopic (exact) mass is 422 g/mol. The van der Waals surface area contributed by atoms with Crippen molar-refractivity contribution in [2.24, 2.45) is 0 Å². The van der Waals surface area contributed by atoms with E-state index in [-0.39, 0.29) is 29.7 Å². The van der Waals surface area contributed by atoms with Crippen LogP contribution in [0.15, 0.2) is 27.7 Å². The Morgan fingerprint density at radius 2 is 2.19 bits per heavy atom. The van der Waals surface area contributed by atoms with Crippen LogP contribution in [0.4, 0.5) is 0 Å². The number of carbonyl (C=O) groups is 2. The number of H-pyrrole nitrogens is 1.